The fourth-order valence-electron chi connectivity index (χ4n) is 5.30. The number of urea groups is 1. The van der Waals surface area contributed by atoms with Crippen LogP contribution in [-0.4, -0.2) is 73.0 Å². The molecule has 33 heavy (non-hydrogen) atoms. The average Bonchev–Trinajstić information content (AvgIpc) is 3.43. The van der Waals surface area contributed by atoms with Crippen molar-refractivity contribution in [3.8, 4) is 0 Å². The van der Waals surface area contributed by atoms with Crippen LogP contribution in [0.4, 0.5) is 15.0 Å². The number of halogens is 1. The Hall–Kier alpha value is -3.01. The molecule has 3 atom stereocenters. The fraction of sp³-hybridized carbons (Fsp3) is 0.565. The van der Waals surface area contributed by atoms with Crippen LogP contribution in [0.5, 0.6) is 0 Å². The monoisotopic (exact) mass is 457 g/mol. The number of carbonyl (C=O) groups is 2. The number of amides is 3. The molecular formula is C23H32FN7O2. The first-order chi connectivity index (χ1) is 15.3. The van der Waals surface area contributed by atoms with Crippen LogP contribution in [0.1, 0.15) is 68.8 Å². The third kappa shape index (κ3) is 3.86. The second kappa shape index (κ2) is 8.40. The standard InChI is InChI=1S/C22H28FN7O2.CH4/c1-13-10-28-8-4-7-22(28,3)12-30(13)21(32)29-11-16-18(14(29)2)26-27-19(16)25-20(31)17-6-5-15(23)9-24-17;/h5-6,9,13-14H,4,7-8,10-12H2,1-3H3,(H2,25,26,27,31);1H4/t13-,14?,22-;/m0./s1. The van der Waals surface area contributed by atoms with Gasteiger partial charge in [0.2, 0.25) is 0 Å². The molecule has 178 valence electrons. The highest BCUT2D eigenvalue weighted by atomic mass is 19.1. The summed E-state index contributed by atoms with van der Waals surface area (Å²) < 4.78 is 13.1. The van der Waals surface area contributed by atoms with Gasteiger partial charge in [-0.25, -0.2) is 14.2 Å². The first-order valence-electron chi connectivity index (χ1n) is 11.1. The van der Waals surface area contributed by atoms with Gasteiger partial charge in [-0.15, -0.1) is 0 Å². The second-order valence-corrected chi connectivity index (χ2v) is 9.39. The van der Waals surface area contributed by atoms with Crippen molar-refractivity contribution in [1.29, 1.82) is 0 Å². The Bertz CT molecular complexity index is 1060. The van der Waals surface area contributed by atoms with E-state index in [4.69, 9.17) is 0 Å². The molecule has 5 rings (SSSR count). The zero-order valence-corrected chi connectivity index (χ0v) is 18.6. The Labute approximate surface area is 193 Å². The number of fused-ring (bicyclic) bond motifs is 2. The summed E-state index contributed by atoms with van der Waals surface area (Å²) in [7, 11) is 0. The summed E-state index contributed by atoms with van der Waals surface area (Å²) >= 11 is 0. The van der Waals surface area contributed by atoms with Crippen molar-refractivity contribution in [3.63, 3.8) is 0 Å². The number of hydrogen-bond donors (Lipinski definition) is 2. The van der Waals surface area contributed by atoms with Gasteiger partial charge in [-0.3, -0.25) is 14.8 Å². The number of nitrogens with one attached hydrogen (secondary N) is 2. The lowest BCUT2D eigenvalue weighted by atomic mass is 9.94. The van der Waals surface area contributed by atoms with E-state index in [1.807, 2.05) is 16.7 Å². The second-order valence-electron chi connectivity index (χ2n) is 9.39. The molecule has 2 aromatic heterocycles. The van der Waals surface area contributed by atoms with Gasteiger partial charge in [-0.1, -0.05) is 7.43 Å². The highest BCUT2D eigenvalue weighted by molar-refractivity contribution is 6.02. The molecule has 3 amide bonds. The Morgan fingerprint density at radius 2 is 2.06 bits per heavy atom. The lowest BCUT2D eigenvalue weighted by Gasteiger charge is -2.49. The number of aromatic amines is 1. The fourth-order valence-corrected chi connectivity index (χ4v) is 5.30. The van der Waals surface area contributed by atoms with Crippen molar-refractivity contribution < 1.29 is 14.0 Å². The van der Waals surface area contributed by atoms with Crippen LogP contribution in [0.15, 0.2) is 18.3 Å². The largest absolute Gasteiger partial charge is 0.321 e. The molecular weight excluding hydrogens is 425 g/mol. The lowest BCUT2D eigenvalue weighted by molar-refractivity contribution is 0.0134. The molecule has 0 radical (unpaired) electrons. The minimum atomic E-state index is -0.508. The summed E-state index contributed by atoms with van der Waals surface area (Å²) in [5.74, 6) is -0.610. The van der Waals surface area contributed by atoms with Crippen molar-refractivity contribution >= 4 is 17.8 Å². The predicted octanol–water partition coefficient (Wildman–Crippen LogP) is 3.39. The number of hydrogen-bond acceptors (Lipinski definition) is 5. The van der Waals surface area contributed by atoms with Gasteiger partial charge in [0.15, 0.2) is 5.82 Å². The van der Waals surface area contributed by atoms with E-state index in [9.17, 15) is 14.0 Å². The Morgan fingerprint density at radius 3 is 2.79 bits per heavy atom. The molecule has 2 aromatic rings. The van der Waals surface area contributed by atoms with Crippen molar-refractivity contribution in [2.75, 3.05) is 25.0 Å². The van der Waals surface area contributed by atoms with Crippen LogP contribution in [0.3, 0.4) is 0 Å². The first kappa shape index (κ1) is 23.2. The van der Waals surface area contributed by atoms with Crippen LogP contribution >= 0.6 is 0 Å². The van der Waals surface area contributed by atoms with Gasteiger partial charge in [0, 0.05) is 30.2 Å². The number of H-pyrrole nitrogens is 1. The maximum absolute atomic E-state index is 13.6. The van der Waals surface area contributed by atoms with Gasteiger partial charge in [0.1, 0.15) is 11.5 Å². The highest BCUT2D eigenvalue weighted by Gasteiger charge is 2.47. The summed E-state index contributed by atoms with van der Waals surface area (Å²) in [5, 5.41) is 9.95. The van der Waals surface area contributed by atoms with Gasteiger partial charge >= 0.3 is 6.03 Å². The summed E-state index contributed by atoms with van der Waals surface area (Å²) in [4.78, 5) is 36.2. The first-order valence-corrected chi connectivity index (χ1v) is 11.1. The third-order valence-corrected chi connectivity index (χ3v) is 7.23. The van der Waals surface area contributed by atoms with E-state index < -0.39 is 11.7 Å². The minimum Gasteiger partial charge on any atom is -0.319 e. The number of aromatic nitrogens is 3. The van der Waals surface area contributed by atoms with E-state index in [2.05, 4.69) is 39.2 Å². The van der Waals surface area contributed by atoms with Crippen LogP contribution in [0, 0.1) is 5.82 Å². The van der Waals surface area contributed by atoms with Crippen molar-refractivity contribution in [3.05, 3.63) is 41.1 Å². The highest BCUT2D eigenvalue weighted by Crippen LogP contribution is 2.39. The van der Waals surface area contributed by atoms with Gasteiger partial charge < -0.3 is 15.1 Å². The number of piperazine rings is 1. The molecule has 3 aliphatic heterocycles. The Balaban J connectivity index is 0.00000259. The van der Waals surface area contributed by atoms with Crippen LogP contribution in [0.25, 0.3) is 0 Å². The lowest BCUT2D eigenvalue weighted by Crippen LogP contribution is -2.64. The maximum Gasteiger partial charge on any atom is 0.321 e. The normalized spacial score (nSPS) is 26.5. The Morgan fingerprint density at radius 1 is 1.27 bits per heavy atom. The number of carbonyl (C=O) groups excluding carboxylic acids is 2. The molecule has 9 nitrogen and oxygen atoms in total. The van der Waals surface area contributed by atoms with Crippen molar-refractivity contribution in [2.45, 2.75) is 65.2 Å². The summed E-state index contributed by atoms with van der Waals surface area (Å²) in [6, 6.07) is 2.48. The van der Waals surface area contributed by atoms with Crippen molar-refractivity contribution in [2.24, 2.45) is 0 Å². The third-order valence-electron chi connectivity index (χ3n) is 7.23. The van der Waals surface area contributed by atoms with Crippen LogP contribution < -0.4 is 5.32 Å². The summed E-state index contributed by atoms with van der Waals surface area (Å²) in [6.45, 7) is 9.41. The molecule has 0 aromatic carbocycles. The molecule has 2 fully saturated rings. The smallest absolute Gasteiger partial charge is 0.319 e. The van der Waals surface area contributed by atoms with E-state index in [0.29, 0.717) is 12.4 Å². The minimum absolute atomic E-state index is 0. The van der Waals surface area contributed by atoms with E-state index in [1.165, 1.54) is 18.6 Å². The predicted molar refractivity (Wildman–Crippen MR) is 122 cm³/mol. The van der Waals surface area contributed by atoms with E-state index >= 15 is 0 Å². The van der Waals surface area contributed by atoms with Crippen LogP contribution in [0.2, 0.25) is 0 Å². The molecule has 0 bridgehead atoms. The van der Waals surface area contributed by atoms with E-state index in [1.54, 1.807) is 0 Å². The zero-order valence-electron chi connectivity index (χ0n) is 18.6. The van der Waals surface area contributed by atoms with Crippen LogP contribution in [-0.2, 0) is 6.54 Å². The van der Waals surface area contributed by atoms with Gasteiger partial charge in [-0.05, 0) is 52.3 Å². The van der Waals surface area contributed by atoms with Crippen molar-refractivity contribution in [1.82, 2.24) is 29.9 Å². The SMILES string of the molecule is C.CC1c2[nH]nc(NC(=O)c3ccc(F)cn3)c2CN1C(=O)N1C[C@]2(C)CCCN2C[C@@H]1C. The summed E-state index contributed by atoms with van der Waals surface area (Å²) in [6.07, 6.45) is 3.28. The van der Waals surface area contributed by atoms with Gasteiger partial charge in [0.05, 0.1) is 24.5 Å². The number of pyridine rings is 1. The molecule has 10 heteroatoms. The molecule has 1 unspecified atom stereocenters. The maximum atomic E-state index is 13.6. The van der Waals surface area contributed by atoms with E-state index in [-0.39, 0.29) is 36.8 Å². The summed E-state index contributed by atoms with van der Waals surface area (Å²) in [5.41, 5.74) is 1.75. The molecule has 5 heterocycles. The quantitative estimate of drug-likeness (QED) is 0.721. The van der Waals surface area contributed by atoms with Gasteiger partial charge in [0.25, 0.3) is 5.91 Å². The molecule has 0 spiro atoms. The molecule has 0 saturated carbocycles. The Kier molecular flexibility index (Phi) is 5.90. The number of anilines is 1. The molecule has 3 aliphatic rings. The molecule has 2 N–H and O–H groups in total. The molecule has 0 aliphatic carbocycles. The number of rotatable bonds is 2. The molecule has 2 saturated heterocycles. The van der Waals surface area contributed by atoms with E-state index in [0.717, 1.165) is 43.5 Å². The zero-order chi connectivity index (χ0) is 22.6. The average molecular weight is 458 g/mol. The van der Waals surface area contributed by atoms with Gasteiger partial charge in [-0.2, -0.15) is 5.10 Å². The topological polar surface area (TPSA) is 97.5 Å². The number of nitrogens with zero attached hydrogens (tertiary/aromatic N) is 5.